The van der Waals surface area contributed by atoms with Gasteiger partial charge in [0.1, 0.15) is 12.4 Å². The lowest BCUT2D eigenvalue weighted by atomic mass is 10.1. The van der Waals surface area contributed by atoms with E-state index in [2.05, 4.69) is 15.1 Å². The van der Waals surface area contributed by atoms with E-state index >= 15 is 0 Å². The van der Waals surface area contributed by atoms with Crippen molar-refractivity contribution in [2.45, 2.75) is 6.61 Å². The van der Waals surface area contributed by atoms with Crippen molar-refractivity contribution >= 4 is 23.4 Å². The maximum atomic E-state index is 12.8. The Hall–Kier alpha value is -4.27. The molecule has 0 fully saturated rings. The number of anilines is 1. The van der Waals surface area contributed by atoms with Crippen LogP contribution >= 0.6 is 0 Å². The van der Waals surface area contributed by atoms with Crippen molar-refractivity contribution in [1.82, 2.24) is 19.6 Å². The number of carbonyl (C=O) groups excluding carboxylic acids is 2. The number of amides is 2. The summed E-state index contributed by atoms with van der Waals surface area (Å²) in [6.07, 6.45) is 0. The highest BCUT2D eigenvalue weighted by atomic mass is 16.5. The molecule has 2 aromatic heterocycles. The third-order valence-electron chi connectivity index (χ3n) is 4.50. The number of nitrogens with zero attached hydrogens (tertiary/aromatic N) is 4. The van der Waals surface area contributed by atoms with E-state index in [1.807, 2.05) is 18.2 Å². The summed E-state index contributed by atoms with van der Waals surface area (Å²) in [6.45, 7) is 0.0509. The largest absolute Gasteiger partial charge is 0.486 e. The number of hydrogen-bond donors (Lipinski definition) is 1. The van der Waals surface area contributed by atoms with Gasteiger partial charge in [0, 0.05) is 6.07 Å². The van der Waals surface area contributed by atoms with Crippen LogP contribution < -0.4 is 15.2 Å². The van der Waals surface area contributed by atoms with E-state index in [9.17, 15) is 14.4 Å². The Morgan fingerprint density at radius 1 is 0.897 bits per heavy atom. The van der Waals surface area contributed by atoms with Crippen LogP contribution in [0.4, 0.5) is 5.82 Å². The molecule has 142 valence electrons. The Morgan fingerprint density at radius 3 is 2.24 bits per heavy atom. The van der Waals surface area contributed by atoms with E-state index in [0.29, 0.717) is 5.75 Å². The van der Waals surface area contributed by atoms with Gasteiger partial charge >= 0.3 is 0 Å². The van der Waals surface area contributed by atoms with Crippen LogP contribution in [-0.4, -0.2) is 31.4 Å². The quantitative estimate of drug-likeness (QED) is 0.535. The van der Waals surface area contributed by atoms with Crippen LogP contribution in [-0.2, 0) is 6.61 Å². The molecule has 1 aliphatic rings. The van der Waals surface area contributed by atoms with Gasteiger partial charge in [0.25, 0.3) is 17.4 Å². The van der Waals surface area contributed by atoms with Gasteiger partial charge in [0.05, 0.1) is 11.1 Å². The zero-order chi connectivity index (χ0) is 20.0. The van der Waals surface area contributed by atoms with Crippen LogP contribution in [0.3, 0.4) is 0 Å². The monoisotopic (exact) mass is 387 g/mol. The van der Waals surface area contributed by atoms with E-state index in [1.54, 1.807) is 36.4 Å². The van der Waals surface area contributed by atoms with Crippen LogP contribution in [0.15, 0.2) is 65.5 Å². The van der Waals surface area contributed by atoms with Crippen LogP contribution in [0.2, 0.25) is 0 Å². The SMILES string of the molecule is O=C1c2ccccc2C(=O)N1c1cc(=O)[nH]c2nc(COc3ccccc3)nn12. The molecular weight excluding hydrogens is 374 g/mol. The number of fused-ring (bicyclic) bond motifs is 2. The number of hydrogen-bond acceptors (Lipinski definition) is 6. The third-order valence-corrected chi connectivity index (χ3v) is 4.50. The third kappa shape index (κ3) is 2.76. The first-order valence-electron chi connectivity index (χ1n) is 8.76. The van der Waals surface area contributed by atoms with E-state index in [-0.39, 0.29) is 35.2 Å². The number of H-pyrrole nitrogens is 1. The molecule has 0 unspecified atom stereocenters. The second-order valence-corrected chi connectivity index (χ2v) is 6.35. The van der Waals surface area contributed by atoms with Gasteiger partial charge in [0.15, 0.2) is 11.6 Å². The van der Waals surface area contributed by atoms with Gasteiger partial charge in [-0.1, -0.05) is 30.3 Å². The fourth-order valence-electron chi connectivity index (χ4n) is 3.20. The maximum absolute atomic E-state index is 12.8. The molecule has 0 radical (unpaired) electrons. The molecule has 0 bridgehead atoms. The summed E-state index contributed by atoms with van der Waals surface area (Å²) < 4.78 is 6.89. The molecule has 0 spiro atoms. The summed E-state index contributed by atoms with van der Waals surface area (Å²) in [6, 6.07) is 16.8. The van der Waals surface area contributed by atoms with Crippen LogP contribution in [0.25, 0.3) is 5.78 Å². The zero-order valence-electron chi connectivity index (χ0n) is 14.9. The summed E-state index contributed by atoms with van der Waals surface area (Å²) in [5.74, 6) is 0.0169. The highest BCUT2D eigenvalue weighted by Crippen LogP contribution is 2.27. The summed E-state index contributed by atoms with van der Waals surface area (Å²) in [5.41, 5.74) is 0.0457. The maximum Gasteiger partial charge on any atom is 0.267 e. The standard InChI is InChI=1S/C20H13N5O4/c26-16-10-17(24-18(27)13-8-4-5-9-14(13)19(24)28)25-20(22-16)21-15(23-25)11-29-12-6-2-1-3-7-12/h1-10H,11H2,(H,21,22,23,26). The first-order valence-corrected chi connectivity index (χ1v) is 8.76. The number of aromatic nitrogens is 4. The van der Waals surface area contributed by atoms with E-state index in [0.717, 1.165) is 11.0 Å². The van der Waals surface area contributed by atoms with Crippen molar-refractivity contribution < 1.29 is 14.3 Å². The van der Waals surface area contributed by atoms with Gasteiger partial charge in [-0.15, -0.1) is 5.10 Å². The van der Waals surface area contributed by atoms with Gasteiger partial charge in [-0.3, -0.25) is 19.4 Å². The van der Waals surface area contributed by atoms with Crippen molar-refractivity contribution in [3.05, 3.63) is 88.0 Å². The highest BCUT2D eigenvalue weighted by molar-refractivity contribution is 6.34. The molecule has 0 atom stereocenters. The molecule has 0 saturated heterocycles. The molecule has 0 saturated carbocycles. The molecule has 4 aromatic rings. The second kappa shape index (κ2) is 6.41. The Kier molecular flexibility index (Phi) is 3.73. The molecule has 29 heavy (non-hydrogen) atoms. The van der Waals surface area contributed by atoms with Crippen LogP contribution in [0.1, 0.15) is 26.5 Å². The summed E-state index contributed by atoms with van der Waals surface area (Å²) >= 11 is 0. The first-order chi connectivity index (χ1) is 14.1. The molecule has 0 aliphatic carbocycles. The molecule has 2 amide bonds. The molecule has 9 heteroatoms. The Bertz CT molecular complexity index is 1290. The zero-order valence-corrected chi connectivity index (χ0v) is 14.9. The Balaban J connectivity index is 1.55. The van der Waals surface area contributed by atoms with Gasteiger partial charge in [-0.05, 0) is 24.3 Å². The van der Waals surface area contributed by atoms with Crippen LogP contribution in [0, 0.1) is 0 Å². The number of rotatable bonds is 4. The molecule has 2 aromatic carbocycles. The minimum absolute atomic E-state index is 0.0217. The predicted octanol–water partition coefficient (Wildman–Crippen LogP) is 1.80. The molecule has 3 heterocycles. The molecule has 5 rings (SSSR count). The van der Waals surface area contributed by atoms with Gasteiger partial charge in [-0.25, -0.2) is 4.90 Å². The van der Waals surface area contributed by atoms with Crippen molar-refractivity contribution in [3.8, 4) is 5.75 Å². The topological polar surface area (TPSA) is 110 Å². The van der Waals surface area contributed by atoms with Crippen LogP contribution in [0.5, 0.6) is 5.75 Å². The number of ether oxygens (including phenoxy) is 1. The molecule has 1 N–H and O–H groups in total. The fourth-order valence-corrected chi connectivity index (χ4v) is 3.20. The van der Waals surface area contributed by atoms with E-state index < -0.39 is 17.4 Å². The predicted molar refractivity (Wildman–Crippen MR) is 102 cm³/mol. The highest BCUT2D eigenvalue weighted by Gasteiger charge is 2.38. The summed E-state index contributed by atoms with van der Waals surface area (Å²) in [4.78, 5) is 45.4. The average molecular weight is 387 g/mol. The first kappa shape index (κ1) is 16.9. The lowest BCUT2D eigenvalue weighted by Gasteiger charge is -2.13. The number of nitrogens with one attached hydrogen (secondary N) is 1. The summed E-state index contributed by atoms with van der Waals surface area (Å²) in [7, 11) is 0. The fraction of sp³-hybridized carbons (Fsp3) is 0.0500. The number of imide groups is 1. The minimum Gasteiger partial charge on any atom is -0.486 e. The van der Waals surface area contributed by atoms with Crippen molar-refractivity contribution in [2.75, 3.05) is 4.90 Å². The van der Waals surface area contributed by atoms with E-state index in [4.69, 9.17) is 4.74 Å². The van der Waals surface area contributed by atoms with Crippen molar-refractivity contribution in [3.63, 3.8) is 0 Å². The molecule has 1 aliphatic heterocycles. The van der Waals surface area contributed by atoms with Gasteiger partial charge in [0.2, 0.25) is 5.78 Å². The average Bonchev–Trinajstić information content (AvgIpc) is 3.26. The number of benzene rings is 2. The second-order valence-electron chi connectivity index (χ2n) is 6.35. The van der Waals surface area contributed by atoms with Crippen molar-refractivity contribution in [1.29, 1.82) is 0 Å². The Morgan fingerprint density at radius 2 is 1.55 bits per heavy atom. The lowest BCUT2D eigenvalue weighted by Crippen LogP contribution is -2.32. The number of aromatic amines is 1. The normalized spacial score (nSPS) is 13.2. The molecular formula is C20H13N5O4. The Labute approximate surface area is 163 Å². The number of para-hydroxylation sites is 1. The minimum atomic E-state index is -0.518. The molecule has 9 nitrogen and oxygen atoms in total. The summed E-state index contributed by atoms with van der Waals surface area (Å²) in [5, 5.41) is 4.31. The van der Waals surface area contributed by atoms with Crippen molar-refractivity contribution in [2.24, 2.45) is 0 Å². The number of carbonyl (C=O) groups is 2. The van der Waals surface area contributed by atoms with Gasteiger partial charge in [-0.2, -0.15) is 9.50 Å². The smallest absolute Gasteiger partial charge is 0.267 e. The van der Waals surface area contributed by atoms with Gasteiger partial charge < -0.3 is 4.74 Å². The van der Waals surface area contributed by atoms with E-state index in [1.165, 1.54) is 4.52 Å². The lowest BCUT2D eigenvalue weighted by molar-refractivity contribution is 0.0924.